The van der Waals surface area contributed by atoms with Crippen molar-refractivity contribution in [3.8, 4) is 5.75 Å². The normalized spacial score (nSPS) is 10.8. The van der Waals surface area contributed by atoms with Crippen LogP contribution in [-0.2, 0) is 0 Å². The Morgan fingerprint density at radius 2 is 1.95 bits per heavy atom. The first kappa shape index (κ1) is 15.6. The smallest absolute Gasteiger partial charge is 0.406 e. The van der Waals surface area contributed by atoms with Gasteiger partial charge in [0.15, 0.2) is 0 Å². The van der Waals surface area contributed by atoms with Gasteiger partial charge < -0.3 is 15.4 Å². The number of carbonyl (C=O) groups excluding carboxylic acids is 1. The van der Waals surface area contributed by atoms with Crippen LogP contribution in [0.4, 0.5) is 23.7 Å². The van der Waals surface area contributed by atoms with Crippen molar-refractivity contribution in [1.82, 2.24) is 5.32 Å². The fraction of sp³-hybridized carbons (Fsp3) is 0.273. The summed E-state index contributed by atoms with van der Waals surface area (Å²) in [5.74, 6) is -0.642. The van der Waals surface area contributed by atoms with Crippen molar-refractivity contribution in [2.24, 2.45) is 5.73 Å². The number of halogens is 3. The van der Waals surface area contributed by atoms with Gasteiger partial charge in [-0.3, -0.25) is 10.7 Å². The highest BCUT2D eigenvalue weighted by Crippen LogP contribution is 2.25. The molecule has 2 amide bonds. The molecule has 0 aromatic heterocycles. The van der Waals surface area contributed by atoms with Gasteiger partial charge in [0.25, 0.3) is 0 Å². The van der Waals surface area contributed by atoms with E-state index in [-0.39, 0.29) is 11.7 Å². The minimum Gasteiger partial charge on any atom is -0.406 e. The molecule has 0 saturated heterocycles. The molecule has 0 fully saturated rings. The molecule has 1 rings (SSSR count). The third kappa shape index (κ3) is 4.67. The first-order valence-electron chi connectivity index (χ1n) is 5.51. The molecule has 9 heteroatoms. The molecule has 0 atom stereocenters. The van der Waals surface area contributed by atoms with Crippen molar-refractivity contribution in [1.29, 1.82) is 5.41 Å². The van der Waals surface area contributed by atoms with Gasteiger partial charge in [-0.05, 0) is 31.2 Å². The van der Waals surface area contributed by atoms with Crippen molar-refractivity contribution < 1.29 is 22.7 Å². The molecule has 0 aliphatic rings. The highest BCUT2D eigenvalue weighted by Gasteiger charge is 2.31. The lowest BCUT2D eigenvalue weighted by Crippen LogP contribution is -2.45. The maximum Gasteiger partial charge on any atom is 0.573 e. The summed E-state index contributed by atoms with van der Waals surface area (Å²) in [7, 11) is 0. The summed E-state index contributed by atoms with van der Waals surface area (Å²) in [6.07, 6.45) is -4.76. The van der Waals surface area contributed by atoms with Crippen LogP contribution in [0.15, 0.2) is 24.3 Å². The van der Waals surface area contributed by atoms with Gasteiger partial charge in [-0.2, -0.15) is 0 Å². The Kier molecular flexibility index (Phi) is 4.78. The molecule has 0 aliphatic heterocycles. The van der Waals surface area contributed by atoms with Crippen LogP contribution in [0.3, 0.4) is 0 Å². The Morgan fingerprint density at radius 3 is 2.35 bits per heavy atom. The number of amides is 2. The van der Waals surface area contributed by atoms with E-state index in [4.69, 9.17) is 11.1 Å². The zero-order chi connectivity index (χ0) is 15.3. The summed E-state index contributed by atoms with van der Waals surface area (Å²) in [4.78, 5) is 12.0. The van der Waals surface area contributed by atoms with Crippen molar-refractivity contribution in [3.05, 3.63) is 24.3 Å². The molecule has 1 aromatic carbocycles. The monoisotopic (exact) mass is 290 g/mol. The maximum atomic E-state index is 12.0. The molecule has 6 nitrogen and oxygen atoms in total. The summed E-state index contributed by atoms with van der Waals surface area (Å²) in [6.45, 7) is 2.02. The van der Waals surface area contributed by atoms with E-state index >= 15 is 0 Å². The number of anilines is 1. The van der Waals surface area contributed by atoms with Crippen LogP contribution in [0.2, 0.25) is 0 Å². The van der Waals surface area contributed by atoms with Crippen LogP contribution in [-0.4, -0.2) is 24.9 Å². The fourth-order valence-electron chi connectivity index (χ4n) is 1.48. The number of urea groups is 1. The Morgan fingerprint density at radius 1 is 1.40 bits per heavy atom. The number of nitrogens with two attached hydrogens (primary N) is 1. The van der Waals surface area contributed by atoms with Gasteiger partial charge >= 0.3 is 12.4 Å². The topological polar surface area (TPSA) is 91.4 Å². The van der Waals surface area contributed by atoms with E-state index in [2.05, 4.69) is 10.1 Å². The molecule has 4 N–H and O–H groups in total. The quantitative estimate of drug-likeness (QED) is 0.587. The molecule has 20 heavy (non-hydrogen) atoms. The minimum atomic E-state index is -4.76. The van der Waals surface area contributed by atoms with E-state index in [1.807, 2.05) is 0 Å². The van der Waals surface area contributed by atoms with Crippen LogP contribution in [0.5, 0.6) is 5.75 Å². The van der Waals surface area contributed by atoms with E-state index in [1.165, 1.54) is 17.0 Å². The second kappa shape index (κ2) is 6.13. The Balaban J connectivity index is 2.84. The summed E-state index contributed by atoms with van der Waals surface area (Å²) >= 11 is 0. The lowest BCUT2D eigenvalue weighted by molar-refractivity contribution is -0.274. The second-order valence-electron chi connectivity index (χ2n) is 3.62. The third-order valence-corrected chi connectivity index (χ3v) is 2.21. The average molecular weight is 290 g/mol. The van der Waals surface area contributed by atoms with Crippen molar-refractivity contribution in [2.45, 2.75) is 13.3 Å². The minimum absolute atomic E-state index is 0.274. The van der Waals surface area contributed by atoms with Crippen LogP contribution in [0.1, 0.15) is 6.92 Å². The predicted octanol–water partition coefficient (Wildman–Crippen LogP) is 2.01. The molecule has 0 spiro atoms. The number of hydrogen-bond acceptors (Lipinski definition) is 3. The number of guanidine groups is 1. The summed E-state index contributed by atoms with van der Waals surface area (Å²) in [5.41, 5.74) is 5.31. The molecule has 0 bridgehead atoms. The fourth-order valence-corrected chi connectivity index (χ4v) is 1.48. The number of primary amides is 1. The van der Waals surface area contributed by atoms with Gasteiger partial charge in [-0.1, -0.05) is 0 Å². The predicted molar refractivity (Wildman–Crippen MR) is 66.6 cm³/mol. The molecule has 0 radical (unpaired) electrons. The Bertz CT molecular complexity index is 487. The number of rotatable bonds is 3. The molecule has 0 heterocycles. The van der Waals surface area contributed by atoms with Gasteiger partial charge in [0.05, 0.1) is 0 Å². The standard InChI is InChI=1S/C11H13F3N4O2/c1-2-18(9(15)17-10(16)19)7-3-5-8(6-4-7)20-11(12,13)14/h3-6H,2H2,1H3,(H4,15,16,17,19). The lowest BCUT2D eigenvalue weighted by atomic mass is 10.3. The maximum absolute atomic E-state index is 12.0. The van der Waals surface area contributed by atoms with Crippen molar-refractivity contribution >= 4 is 17.7 Å². The van der Waals surface area contributed by atoms with E-state index in [9.17, 15) is 18.0 Å². The van der Waals surface area contributed by atoms with E-state index in [1.54, 1.807) is 6.92 Å². The van der Waals surface area contributed by atoms with Crippen molar-refractivity contribution in [2.75, 3.05) is 11.4 Å². The first-order valence-corrected chi connectivity index (χ1v) is 5.51. The van der Waals surface area contributed by atoms with Crippen LogP contribution in [0.25, 0.3) is 0 Å². The second-order valence-corrected chi connectivity index (χ2v) is 3.62. The van der Waals surface area contributed by atoms with Crippen LogP contribution < -0.4 is 20.7 Å². The first-order chi connectivity index (χ1) is 9.23. The van der Waals surface area contributed by atoms with E-state index in [0.717, 1.165) is 12.1 Å². The number of benzene rings is 1. The van der Waals surface area contributed by atoms with Gasteiger partial charge in [-0.15, -0.1) is 13.2 Å². The number of alkyl halides is 3. The molecule has 1 aromatic rings. The number of carbonyl (C=O) groups is 1. The van der Waals surface area contributed by atoms with E-state index in [0.29, 0.717) is 12.2 Å². The average Bonchev–Trinajstić information content (AvgIpc) is 2.29. The number of nitrogens with one attached hydrogen (secondary N) is 2. The van der Waals surface area contributed by atoms with E-state index < -0.39 is 12.4 Å². The van der Waals surface area contributed by atoms with Gasteiger partial charge in [-0.25, -0.2) is 4.79 Å². The van der Waals surface area contributed by atoms with Gasteiger partial charge in [0.1, 0.15) is 5.75 Å². The van der Waals surface area contributed by atoms with Crippen LogP contribution in [0, 0.1) is 5.41 Å². The largest absolute Gasteiger partial charge is 0.573 e. The number of hydrogen-bond donors (Lipinski definition) is 3. The molecule has 0 unspecified atom stereocenters. The molecule has 0 aliphatic carbocycles. The van der Waals surface area contributed by atoms with Crippen LogP contribution >= 0.6 is 0 Å². The summed E-state index contributed by atoms with van der Waals surface area (Å²) in [6, 6.07) is 4.00. The zero-order valence-corrected chi connectivity index (χ0v) is 10.5. The Hall–Kier alpha value is -2.45. The number of ether oxygens (including phenoxy) is 1. The number of nitrogens with zero attached hydrogens (tertiary/aromatic N) is 1. The third-order valence-electron chi connectivity index (χ3n) is 2.21. The molecular weight excluding hydrogens is 277 g/mol. The van der Waals surface area contributed by atoms with Crippen molar-refractivity contribution in [3.63, 3.8) is 0 Å². The highest BCUT2D eigenvalue weighted by atomic mass is 19.4. The lowest BCUT2D eigenvalue weighted by Gasteiger charge is -2.23. The Labute approximate surface area is 112 Å². The van der Waals surface area contributed by atoms with Gasteiger partial charge in [0.2, 0.25) is 5.96 Å². The van der Waals surface area contributed by atoms with Gasteiger partial charge in [0, 0.05) is 12.2 Å². The summed E-state index contributed by atoms with van der Waals surface area (Å²) in [5, 5.41) is 9.70. The highest BCUT2D eigenvalue weighted by molar-refractivity contribution is 6.03. The SMILES string of the molecule is CCN(C(=N)NC(N)=O)c1ccc(OC(F)(F)F)cc1. The molecular formula is C11H13F3N4O2. The molecule has 0 saturated carbocycles. The summed E-state index contributed by atoms with van der Waals surface area (Å²) < 4.78 is 39.8. The molecule has 110 valence electrons. The zero-order valence-electron chi connectivity index (χ0n) is 10.5.